The molecule has 0 radical (unpaired) electrons. The Morgan fingerprint density at radius 2 is 1.70 bits per heavy atom. The van der Waals surface area contributed by atoms with Crippen LogP contribution in [-0.2, 0) is 10.2 Å². The standard InChI is InChI=1S/C25H29NO4/c1-25(2,3)19-10-8-18(9-11-19)23-24(29-17-14-26-12-15-28-16-13-26)22(27)20-6-4-5-7-21(20)30-23/h4-11H,12-17H2,1-3H3. The zero-order valence-corrected chi connectivity index (χ0v) is 17.9. The molecule has 0 aliphatic carbocycles. The fourth-order valence-electron chi connectivity index (χ4n) is 3.67. The van der Waals surface area contributed by atoms with Crippen LogP contribution >= 0.6 is 0 Å². The molecule has 0 amide bonds. The molecule has 3 aromatic rings. The third-order valence-corrected chi connectivity index (χ3v) is 5.53. The summed E-state index contributed by atoms with van der Waals surface area (Å²) in [7, 11) is 0. The summed E-state index contributed by atoms with van der Waals surface area (Å²) in [4.78, 5) is 15.5. The Hall–Kier alpha value is -2.63. The number of morpholine rings is 1. The van der Waals surface area contributed by atoms with Crippen LogP contribution in [0.5, 0.6) is 5.75 Å². The molecule has 0 bridgehead atoms. The van der Waals surface area contributed by atoms with Crippen LogP contribution in [-0.4, -0.2) is 44.4 Å². The number of nitrogens with zero attached hydrogens (tertiary/aromatic N) is 1. The highest BCUT2D eigenvalue weighted by Crippen LogP contribution is 2.32. The van der Waals surface area contributed by atoms with Crippen LogP contribution in [0.2, 0.25) is 0 Å². The summed E-state index contributed by atoms with van der Waals surface area (Å²) < 4.78 is 17.6. The van der Waals surface area contributed by atoms with Gasteiger partial charge in [-0.05, 0) is 23.1 Å². The first-order valence-corrected chi connectivity index (χ1v) is 10.5. The number of ether oxygens (including phenoxy) is 2. The molecule has 5 nitrogen and oxygen atoms in total. The lowest BCUT2D eigenvalue weighted by molar-refractivity contribution is 0.0321. The highest BCUT2D eigenvalue weighted by atomic mass is 16.5. The first-order chi connectivity index (χ1) is 14.4. The lowest BCUT2D eigenvalue weighted by Crippen LogP contribution is -2.38. The van der Waals surface area contributed by atoms with E-state index in [4.69, 9.17) is 13.9 Å². The van der Waals surface area contributed by atoms with Crippen molar-refractivity contribution in [1.82, 2.24) is 4.90 Å². The van der Waals surface area contributed by atoms with Gasteiger partial charge in [-0.25, -0.2) is 0 Å². The van der Waals surface area contributed by atoms with Gasteiger partial charge in [0.15, 0.2) is 5.76 Å². The molecule has 4 rings (SSSR count). The molecule has 0 saturated carbocycles. The lowest BCUT2D eigenvalue weighted by Gasteiger charge is -2.26. The highest BCUT2D eigenvalue weighted by Gasteiger charge is 2.20. The molecule has 0 unspecified atom stereocenters. The van der Waals surface area contributed by atoms with Crippen LogP contribution in [0.4, 0.5) is 0 Å². The van der Waals surface area contributed by atoms with Gasteiger partial charge in [0.25, 0.3) is 0 Å². The molecule has 1 aromatic heterocycles. The summed E-state index contributed by atoms with van der Waals surface area (Å²) in [6.45, 7) is 11.0. The van der Waals surface area contributed by atoms with Gasteiger partial charge in [0.1, 0.15) is 12.2 Å². The SMILES string of the molecule is CC(C)(C)c1ccc(-c2oc3ccccc3c(=O)c2OCCN2CCOCC2)cc1. The van der Waals surface area contributed by atoms with Crippen molar-refractivity contribution in [3.05, 3.63) is 64.3 Å². The van der Waals surface area contributed by atoms with Crippen LogP contribution in [0, 0.1) is 0 Å². The molecule has 0 atom stereocenters. The molecule has 1 aliphatic heterocycles. The summed E-state index contributed by atoms with van der Waals surface area (Å²) in [6, 6.07) is 15.5. The Labute approximate surface area is 177 Å². The number of benzene rings is 2. The van der Waals surface area contributed by atoms with Gasteiger partial charge in [-0.2, -0.15) is 0 Å². The predicted molar refractivity (Wildman–Crippen MR) is 119 cm³/mol. The van der Waals surface area contributed by atoms with E-state index in [0.717, 1.165) is 38.4 Å². The average molecular weight is 408 g/mol. The third kappa shape index (κ3) is 4.42. The predicted octanol–water partition coefficient (Wildman–Crippen LogP) is 4.47. The van der Waals surface area contributed by atoms with Crippen LogP contribution in [0.25, 0.3) is 22.3 Å². The van der Waals surface area contributed by atoms with Crippen molar-refractivity contribution in [1.29, 1.82) is 0 Å². The Bertz CT molecular complexity index is 1060. The largest absolute Gasteiger partial charge is 0.485 e. The second-order valence-electron chi connectivity index (χ2n) is 8.72. The minimum atomic E-state index is -0.131. The average Bonchev–Trinajstić information content (AvgIpc) is 2.75. The minimum Gasteiger partial charge on any atom is -0.485 e. The van der Waals surface area contributed by atoms with E-state index in [2.05, 4.69) is 37.8 Å². The topological polar surface area (TPSA) is 51.9 Å². The normalized spacial score (nSPS) is 15.4. The smallest absolute Gasteiger partial charge is 0.235 e. The Morgan fingerprint density at radius 3 is 2.40 bits per heavy atom. The monoisotopic (exact) mass is 407 g/mol. The third-order valence-electron chi connectivity index (χ3n) is 5.53. The number of para-hydroxylation sites is 1. The second-order valence-corrected chi connectivity index (χ2v) is 8.72. The summed E-state index contributed by atoms with van der Waals surface area (Å²) in [5.74, 6) is 0.770. The summed E-state index contributed by atoms with van der Waals surface area (Å²) in [6.07, 6.45) is 0. The van der Waals surface area contributed by atoms with Crippen molar-refractivity contribution in [2.45, 2.75) is 26.2 Å². The van der Waals surface area contributed by atoms with E-state index < -0.39 is 0 Å². The quantitative estimate of drug-likeness (QED) is 0.625. The van der Waals surface area contributed by atoms with E-state index >= 15 is 0 Å². The Balaban J connectivity index is 1.68. The van der Waals surface area contributed by atoms with E-state index in [1.54, 1.807) is 6.07 Å². The highest BCUT2D eigenvalue weighted by molar-refractivity contribution is 5.81. The van der Waals surface area contributed by atoms with Gasteiger partial charge in [-0.15, -0.1) is 0 Å². The number of hydrogen-bond acceptors (Lipinski definition) is 5. The van der Waals surface area contributed by atoms with E-state index in [-0.39, 0.29) is 16.6 Å². The summed E-state index contributed by atoms with van der Waals surface area (Å²) in [5.41, 5.74) is 2.56. The Morgan fingerprint density at radius 1 is 1.00 bits per heavy atom. The second kappa shape index (κ2) is 8.62. The van der Waals surface area contributed by atoms with Crippen LogP contribution in [0.3, 0.4) is 0 Å². The van der Waals surface area contributed by atoms with Gasteiger partial charge >= 0.3 is 0 Å². The van der Waals surface area contributed by atoms with Crippen molar-refractivity contribution in [3.63, 3.8) is 0 Å². The van der Waals surface area contributed by atoms with E-state index in [1.807, 2.05) is 30.3 Å². The molecular weight excluding hydrogens is 378 g/mol. The maximum Gasteiger partial charge on any atom is 0.235 e. The number of rotatable bonds is 5. The van der Waals surface area contributed by atoms with Crippen molar-refractivity contribution in [3.8, 4) is 17.1 Å². The zero-order chi connectivity index (χ0) is 21.1. The summed E-state index contributed by atoms with van der Waals surface area (Å²) >= 11 is 0. The fraction of sp³-hybridized carbons (Fsp3) is 0.400. The number of hydrogen-bond donors (Lipinski definition) is 0. The molecule has 2 aromatic carbocycles. The fourth-order valence-corrected chi connectivity index (χ4v) is 3.67. The van der Waals surface area contributed by atoms with Gasteiger partial charge in [0.05, 0.1) is 18.6 Å². The van der Waals surface area contributed by atoms with Crippen molar-refractivity contribution >= 4 is 11.0 Å². The van der Waals surface area contributed by atoms with Crippen LogP contribution < -0.4 is 10.2 Å². The lowest BCUT2D eigenvalue weighted by atomic mass is 9.86. The molecule has 30 heavy (non-hydrogen) atoms. The maximum absolute atomic E-state index is 13.2. The van der Waals surface area contributed by atoms with Gasteiger partial charge in [0.2, 0.25) is 11.2 Å². The first-order valence-electron chi connectivity index (χ1n) is 10.5. The van der Waals surface area contributed by atoms with Gasteiger partial charge in [-0.3, -0.25) is 9.69 Å². The molecule has 1 aliphatic rings. The van der Waals surface area contributed by atoms with Crippen molar-refractivity contribution < 1.29 is 13.9 Å². The van der Waals surface area contributed by atoms with Crippen molar-refractivity contribution in [2.75, 3.05) is 39.5 Å². The van der Waals surface area contributed by atoms with Gasteiger partial charge in [0, 0.05) is 25.2 Å². The first kappa shape index (κ1) is 20.6. The Kier molecular flexibility index (Phi) is 5.93. The van der Waals surface area contributed by atoms with Crippen molar-refractivity contribution in [2.24, 2.45) is 0 Å². The van der Waals surface area contributed by atoms with Crippen LogP contribution in [0.1, 0.15) is 26.3 Å². The molecular formula is C25H29NO4. The van der Waals surface area contributed by atoms with Gasteiger partial charge in [-0.1, -0.05) is 57.2 Å². The zero-order valence-electron chi connectivity index (χ0n) is 17.9. The van der Waals surface area contributed by atoms with E-state index in [0.29, 0.717) is 23.3 Å². The minimum absolute atomic E-state index is 0.0558. The van der Waals surface area contributed by atoms with E-state index in [9.17, 15) is 4.79 Å². The molecule has 5 heteroatoms. The molecule has 0 N–H and O–H groups in total. The molecule has 1 saturated heterocycles. The van der Waals surface area contributed by atoms with Crippen LogP contribution in [0.15, 0.2) is 57.7 Å². The molecule has 2 heterocycles. The number of fused-ring (bicyclic) bond motifs is 1. The molecule has 1 fully saturated rings. The summed E-state index contributed by atoms with van der Waals surface area (Å²) in [5, 5.41) is 0.536. The maximum atomic E-state index is 13.2. The van der Waals surface area contributed by atoms with Gasteiger partial charge < -0.3 is 13.9 Å². The van der Waals surface area contributed by atoms with E-state index in [1.165, 1.54) is 5.56 Å². The molecule has 0 spiro atoms. The molecule has 158 valence electrons.